The summed E-state index contributed by atoms with van der Waals surface area (Å²) in [6.45, 7) is 3.21. The lowest BCUT2D eigenvalue weighted by atomic mass is 10.1. The molecule has 20 heavy (non-hydrogen) atoms. The Bertz CT molecular complexity index is 637. The van der Waals surface area contributed by atoms with Crippen LogP contribution in [0.25, 0.3) is 0 Å². The van der Waals surface area contributed by atoms with Crippen molar-refractivity contribution < 1.29 is 14.3 Å². The minimum absolute atomic E-state index is 0.0434. The van der Waals surface area contributed by atoms with Crippen molar-refractivity contribution in [2.75, 3.05) is 11.9 Å². The summed E-state index contributed by atoms with van der Waals surface area (Å²) < 4.78 is 5.35. The maximum absolute atomic E-state index is 11.7. The Morgan fingerprint density at radius 3 is 2.85 bits per heavy atom. The molecule has 0 bridgehead atoms. The molecule has 1 N–H and O–H groups in total. The Balaban J connectivity index is 1.90. The zero-order valence-electron chi connectivity index (χ0n) is 11.2. The van der Waals surface area contributed by atoms with Crippen LogP contribution in [-0.4, -0.2) is 23.3 Å². The normalized spacial score (nSPS) is 10.1. The molecule has 1 heterocycles. The van der Waals surface area contributed by atoms with E-state index in [2.05, 4.69) is 10.3 Å². The molecule has 0 atom stereocenters. The van der Waals surface area contributed by atoms with Crippen molar-refractivity contribution in [1.29, 1.82) is 0 Å². The monoisotopic (exact) mass is 290 g/mol. The smallest absolute Gasteiger partial charge is 0.264 e. The molecule has 1 amide bonds. The first kappa shape index (κ1) is 14.2. The van der Waals surface area contributed by atoms with Crippen molar-refractivity contribution in [3.05, 3.63) is 40.9 Å². The van der Waals surface area contributed by atoms with E-state index in [1.165, 1.54) is 18.3 Å². The zero-order chi connectivity index (χ0) is 14.5. The Morgan fingerprint density at radius 1 is 1.40 bits per heavy atom. The first-order valence-corrected chi connectivity index (χ1v) is 6.88. The summed E-state index contributed by atoms with van der Waals surface area (Å²) in [7, 11) is 0. The van der Waals surface area contributed by atoms with Gasteiger partial charge in [0.25, 0.3) is 5.91 Å². The molecule has 5 nitrogen and oxygen atoms in total. The minimum atomic E-state index is -0.285. The summed E-state index contributed by atoms with van der Waals surface area (Å²) in [5, 5.41) is 5.05. The van der Waals surface area contributed by atoms with Crippen molar-refractivity contribution in [2.24, 2.45) is 0 Å². The van der Waals surface area contributed by atoms with Crippen molar-refractivity contribution >= 4 is 28.2 Å². The number of benzene rings is 1. The lowest BCUT2D eigenvalue weighted by molar-refractivity contribution is -0.118. The summed E-state index contributed by atoms with van der Waals surface area (Å²) in [6, 6.07) is 6.73. The number of ether oxygens (including phenoxy) is 1. The van der Waals surface area contributed by atoms with Crippen LogP contribution in [0.4, 0.5) is 5.13 Å². The molecule has 0 aliphatic rings. The standard InChI is InChI=1S/C14H14N2O3S/c1-9-8-20-14(15-9)16-13(18)7-19-12-5-3-4-11(6-12)10(2)17/h3-6,8H,7H2,1-2H3,(H,15,16,18). The summed E-state index contributed by atoms with van der Waals surface area (Å²) >= 11 is 1.36. The highest BCUT2D eigenvalue weighted by atomic mass is 32.1. The van der Waals surface area contributed by atoms with Crippen LogP contribution in [-0.2, 0) is 4.79 Å². The highest BCUT2D eigenvalue weighted by Crippen LogP contribution is 2.15. The molecular weight excluding hydrogens is 276 g/mol. The van der Waals surface area contributed by atoms with E-state index in [1.54, 1.807) is 24.3 Å². The van der Waals surface area contributed by atoms with Gasteiger partial charge in [-0.15, -0.1) is 11.3 Å². The number of nitrogens with zero attached hydrogens (tertiary/aromatic N) is 1. The lowest BCUT2D eigenvalue weighted by Gasteiger charge is -2.06. The minimum Gasteiger partial charge on any atom is -0.484 e. The van der Waals surface area contributed by atoms with Gasteiger partial charge < -0.3 is 4.74 Å². The predicted octanol–water partition coefficient (Wildman–Crippen LogP) is 2.67. The van der Waals surface area contributed by atoms with Crippen LogP contribution in [0.15, 0.2) is 29.6 Å². The SMILES string of the molecule is CC(=O)c1cccc(OCC(=O)Nc2nc(C)cs2)c1. The van der Waals surface area contributed by atoms with Crippen LogP contribution < -0.4 is 10.1 Å². The van der Waals surface area contributed by atoms with Crippen molar-refractivity contribution in [1.82, 2.24) is 4.98 Å². The second-order valence-corrected chi connectivity index (χ2v) is 5.07. The summed E-state index contributed by atoms with van der Waals surface area (Å²) in [5.41, 5.74) is 1.42. The molecule has 1 aromatic heterocycles. The number of aryl methyl sites for hydroxylation is 1. The van der Waals surface area contributed by atoms with Gasteiger partial charge in [0, 0.05) is 10.9 Å². The number of anilines is 1. The van der Waals surface area contributed by atoms with Gasteiger partial charge in [-0.1, -0.05) is 12.1 Å². The van der Waals surface area contributed by atoms with Crippen LogP contribution in [0, 0.1) is 6.92 Å². The van der Waals surface area contributed by atoms with E-state index < -0.39 is 0 Å². The van der Waals surface area contributed by atoms with E-state index in [4.69, 9.17) is 4.74 Å². The number of rotatable bonds is 5. The van der Waals surface area contributed by atoms with E-state index >= 15 is 0 Å². The number of nitrogens with one attached hydrogen (secondary N) is 1. The third kappa shape index (κ3) is 3.89. The number of thiazole rings is 1. The van der Waals surface area contributed by atoms with Gasteiger partial charge in [-0.05, 0) is 26.0 Å². The van der Waals surface area contributed by atoms with Crippen molar-refractivity contribution in [3.63, 3.8) is 0 Å². The van der Waals surface area contributed by atoms with Gasteiger partial charge in [0.15, 0.2) is 17.5 Å². The fourth-order valence-corrected chi connectivity index (χ4v) is 2.22. The van der Waals surface area contributed by atoms with E-state index in [-0.39, 0.29) is 18.3 Å². The number of hydrogen-bond acceptors (Lipinski definition) is 5. The molecule has 2 rings (SSSR count). The Kier molecular flexibility index (Phi) is 4.47. The lowest BCUT2D eigenvalue weighted by Crippen LogP contribution is -2.20. The topological polar surface area (TPSA) is 68.3 Å². The van der Waals surface area contributed by atoms with Gasteiger partial charge >= 0.3 is 0 Å². The summed E-state index contributed by atoms with van der Waals surface area (Å²) in [6.07, 6.45) is 0. The van der Waals surface area contributed by atoms with Crippen LogP contribution in [0.5, 0.6) is 5.75 Å². The van der Waals surface area contributed by atoms with Gasteiger partial charge in [0.1, 0.15) is 5.75 Å². The van der Waals surface area contributed by atoms with Crippen LogP contribution in [0.1, 0.15) is 23.0 Å². The number of hydrogen-bond donors (Lipinski definition) is 1. The van der Waals surface area contributed by atoms with E-state index in [0.29, 0.717) is 16.4 Å². The molecule has 0 saturated carbocycles. The van der Waals surface area contributed by atoms with Crippen LogP contribution in [0.3, 0.4) is 0 Å². The maximum atomic E-state index is 11.7. The first-order chi connectivity index (χ1) is 9.54. The van der Waals surface area contributed by atoms with E-state index in [0.717, 1.165) is 5.69 Å². The van der Waals surface area contributed by atoms with Gasteiger partial charge in [-0.25, -0.2) is 4.98 Å². The molecule has 1 aromatic carbocycles. The third-order valence-corrected chi connectivity index (χ3v) is 3.35. The Morgan fingerprint density at radius 2 is 2.20 bits per heavy atom. The fourth-order valence-electron chi connectivity index (χ4n) is 1.52. The number of amides is 1. The molecule has 0 aliphatic heterocycles. The molecule has 0 saturated heterocycles. The van der Waals surface area contributed by atoms with Crippen molar-refractivity contribution in [3.8, 4) is 5.75 Å². The number of ketones is 1. The zero-order valence-corrected chi connectivity index (χ0v) is 12.0. The molecule has 0 fully saturated rings. The Labute approximate surface area is 120 Å². The second kappa shape index (κ2) is 6.29. The number of Topliss-reactive ketones (excluding diaryl/α,β-unsaturated/α-hetero) is 1. The second-order valence-electron chi connectivity index (χ2n) is 4.21. The first-order valence-electron chi connectivity index (χ1n) is 6.00. The Hall–Kier alpha value is -2.21. The maximum Gasteiger partial charge on any atom is 0.264 e. The molecular formula is C14H14N2O3S. The summed E-state index contributed by atoms with van der Waals surface area (Å²) in [5.74, 6) is 0.161. The highest BCUT2D eigenvalue weighted by molar-refractivity contribution is 7.13. The number of carbonyl (C=O) groups excluding carboxylic acids is 2. The number of aromatic nitrogens is 1. The van der Waals surface area contributed by atoms with Gasteiger partial charge in [-0.3, -0.25) is 14.9 Å². The van der Waals surface area contributed by atoms with Crippen LogP contribution in [0.2, 0.25) is 0 Å². The fraction of sp³-hybridized carbons (Fsp3) is 0.214. The molecule has 2 aromatic rings. The molecule has 0 aliphatic carbocycles. The molecule has 6 heteroatoms. The quantitative estimate of drug-likeness (QED) is 0.860. The molecule has 104 valence electrons. The third-order valence-electron chi connectivity index (χ3n) is 2.48. The highest BCUT2D eigenvalue weighted by Gasteiger charge is 2.07. The van der Waals surface area contributed by atoms with E-state index in [9.17, 15) is 9.59 Å². The average molecular weight is 290 g/mol. The largest absolute Gasteiger partial charge is 0.484 e. The molecule has 0 unspecified atom stereocenters. The van der Waals surface area contributed by atoms with Gasteiger partial charge in [-0.2, -0.15) is 0 Å². The molecule has 0 radical (unpaired) electrons. The van der Waals surface area contributed by atoms with Gasteiger partial charge in [0.2, 0.25) is 0 Å². The average Bonchev–Trinajstić information content (AvgIpc) is 2.82. The van der Waals surface area contributed by atoms with Crippen molar-refractivity contribution in [2.45, 2.75) is 13.8 Å². The van der Waals surface area contributed by atoms with E-state index in [1.807, 2.05) is 12.3 Å². The predicted molar refractivity (Wildman–Crippen MR) is 77.4 cm³/mol. The molecule has 0 spiro atoms. The number of carbonyl (C=O) groups is 2. The summed E-state index contributed by atoms with van der Waals surface area (Å²) in [4.78, 5) is 27.0. The van der Waals surface area contributed by atoms with Gasteiger partial charge in [0.05, 0.1) is 5.69 Å². The van der Waals surface area contributed by atoms with Crippen LogP contribution >= 0.6 is 11.3 Å².